The maximum atomic E-state index is 8.84. The van der Waals surface area contributed by atoms with E-state index in [0.717, 1.165) is 12.4 Å². The second-order valence-corrected chi connectivity index (χ2v) is 5.52. The molecule has 0 aromatic carbocycles. The Balaban J connectivity index is 1.92. The highest BCUT2D eigenvalue weighted by molar-refractivity contribution is 7.99. The van der Waals surface area contributed by atoms with Gasteiger partial charge in [0.05, 0.1) is 5.69 Å². The third-order valence-electron chi connectivity index (χ3n) is 2.82. The highest BCUT2D eigenvalue weighted by Crippen LogP contribution is 2.25. The van der Waals surface area contributed by atoms with Crippen molar-refractivity contribution in [3.8, 4) is 6.07 Å². The average molecular weight is 248 g/mol. The van der Waals surface area contributed by atoms with Crippen molar-refractivity contribution in [2.24, 2.45) is 0 Å². The Labute approximate surface area is 106 Å². The standard InChI is InChI=1S/C12H16N4S/c13-7-11-10(14)4-5-12(16-11)15-8-9-3-1-2-6-17-9/h4-5,9H,1-3,6,8,14H2,(H,15,16). The summed E-state index contributed by atoms with van der Waals surface area (Å²) in [6.07, 6.45) is 3.91. The van der Waals surface area contributed by atoms with Gasteiger partial charge < -0.3 is 11.1 Å². The summed E-state index contributed by atoms with van der Waals surface area (Å²) in [7, 11) is 0. The van der Waals surface area contributed by atoms with Gasteiger partial charge in [-0.15, -0.1) is 0 Å². The molecule has 17 heavy (non-hydrogen) atoms. The van der Waals surface area contributed by atoms with Crippen LogP contribution >= 0.6 is 11.8 Å². The van der Waals surface area contributed by atoms with E-state index in [1.807, 2.05) is 23.9 Å². The summed E-state index contributed by atoms with van der Waals surface area (Å²) >= 11 is 2.02. The molecule has 0 amide bonds. The summed E-state index contributed by atoms with van der Waals surface area (Å²) in [4.78, 5) is 4.17. The van der Waals surface area contributed by atoms with Crippen LogP contribution in [0.3, 0.4) is 0 Å². The summed E-state index contributed by atoms with van der Waals surface area (Å²) in [6.45, 7) is 0.909. The van der Waals surface area contributed by atoms with Gasteiger partial charge in [0.2, 0.25) is 0 Å². The zero-order chi connectivity index (χ0) is 12.1. The zero-order valence-electron chi connectivity index (χ0n) is 9.65. The number of hydrogen-bond acceptors (Lipinski definition) is 5. The summed E-state index contributed by atoms with van der Waals surface area (Å²) in [5, 5.41) is 12.8. The molecule has 1 saturated heterocycles. The van der Waals surface area contributed by atoms with Crippen LogP contribution in [0.4, 0.5) is 11.5 Å². The fourth-order valence-corrected chi connectivity index (χ4v) is 3.08. The van der Waals surface area contributed by atoms with Crippen LogP contribution in [-0.4, -0.2) is 22.5 Å². The lowest BCUT2D eigenvalue weighted by Gasteiger charge is -2.21. The number of anilines is 2. The van der Waals surface area contributed by atoms with Gasteiger partial charge in [0.15, 0.2) is 5.69 Å². The van der Waals surface area contributed by atoms with E-state index in [-0.39, 0.29) is 0 Å². The highest BCUT2D eigenvalue weighted by Gasteiger charge is 2.13. The monoisotopic (exact) mass is 248 g/mol. The molecule has 2 heterocycles. The van der Waals surface area contributed by atoms with Crippen molar-refractivity contribution in [1.29, 1.82) is 5.26 Å². The molecular weight excluding hydrogens is 232 g/mol. The molecule has 1 aliphatic rings. The largest absolute Gasteiger partial charge is 0.396 e. The van der Waals surface area contributed by atoms with Crippen LogP contribution < -0.4 is 11.1 Å². The third kappa shape index (κ3) is 3.27. The topological polar surface area (TPSA) is 74.7 Å². The Hall–Kier alpha value is -1.41. The number of nitrogens with one attached hydrogen (secondary N) is 1. The number of pyridine rings is 1. The van der Waals surface area contributed by atoms with E-state index in [4.69, 9.17) is 11.0 Å². The van der Waals surface area contributed by atoms with Gasteiger partial charge in [-0.05, 0) is 30.7 Å². The van der Waals surface area contributed by atoms with Gasteiger partial charge in [0, 0.05) is 11.8 Å². The molecule has 1 aromatic rings. The second-order valence-electron chi connectivity index (χ2n) is 4.12. The van der Waals surface area contributed by atoms with Gasteiger partial charge in [-0.2, -0.15) is 17.0 Å². The third-order valence-corrected chi connectivity index (χ3v) is 4.22. The predicted octanol–water partition coefficient (Wildman–Crippen LogP) is 2.23. The number of nitrogens with zero attached hydrogens (tertiary/aromatic N) is 2. The van der Waals surface area contributed by atoms with E-state index in [1.165, 1.54) is 25.0 Å². The molecule has 90 valence electrons. The van der Waals surface area contributed by atoms with Crippen LogP contribution in [0.5, 0.6) is 0 Å². The molecule has 1 unspecified atom stereocenters. The minimum absolute atomic E-state index is 0.297. The first kappa shape index (κ1) is 12.1. The number of aromatic nitrogens is 1. The summed E-state index contributed by atoms with van der Waals surface area (Å²) < 4.78 is 0. The number of hydrogen-bond donors (Lipinski definition) is 2. The Morgan fingerprint density at radius 2 is 2.41 bits per heavy atom. The quantitative estimate of drug-likeness (QED) is 0.858. The van der Waals surface area contributed by atoms with E-state index < -0.39 is 0 Å². The molecular formula is C12H16N4S. The van der Waals surface area contributed by atoms with Gasteiger partial charge in [0.25, 0.3) is 0 Å². The summed E-state index contributed by atoms with van der Waals surface area (Å²) in [5.74, 6) is 1.99. The highest BCUT2D eigenvalue weighted by atomic mass is 32.2. The summed E-state index contributed by atoms with van der Waals surface area (Å²) in [5.41, 5.74) is 6.35. The molecule has 5 heteroatoms. The van der Waals surface area contributed by atoms with E-state index in [9.17, 15) is 0 Å². The SMILES string of the molecule is N#Cc1nc(NCC2CCCCS2)ccc1N. The Bertz CT molecular complexity index is 421. The van der Waals surface area contributed by atoms with Crippen molar-refractivity contribution in [1.82, 2.24) is 4.98 Å². The van der Waals surface area contributed by atoms with Crippen LogP contribution in [0.15, 0.2) is 12.1 Å². The van der Waals surface area contributed by atoms with Gasteiger partial charge >= 0.3 is 0 Å². The first-order chi connectivity index (χ1) is 8.29. The van der Waals surface area contributed by atoms with Crippen molar-refractivity contribution in [2.45, 2.75) is 24.5 Å². The van der Waals surface area contributed by atoms with E-state index >= 15 is 0 Å². The van der Waals surface area contributed by atoms with Crippen LogP contribution in [0.25, 0.3) is 0 Å². The minimum atomic E-state index is 0.297. The Morgan fingerprint density at radius 3 is 3.12 bits per heavy atom. The summed E-state index contributed by atoms with van der Waals surface area (Å²) in [6, 6.07) is 5.54. The van der Waals surface area contributed by atoms with Crippen LogP contribution in [-0.2, 0) is 0 Å². The maximum Gasteiger partial charge on any atom is 0.165 e. The van der Waals surface area contributed by atoms with Crippen LogP contribution in [0.1, 0.15) is 25.0 Å². The molecule has 1 atom stereocenters. The lowest BCUT2D eigenvalue weighted by Crippen LogP contribution is -2.20. The van der Waals surface area contributed by atoms with E-state index in [0.29, 0.717) is 16.6 Å². The molecule has 1 aliphatic heterocycles. The number of nitrogen functional groups attached to an aromatic ring is 1. The maximum absolute atomic E-state index is 8.84. The first-order valence-electron chi connectivity index (χ1n) is 5.81. The number of thioether (sulfide) groups is 1. The van der Waals surface area contributed by atoms with Crippen molar-refractivity contribution >= 4 is 23.3 Å². The lowest BCUT2D eigenvalue weighted by molar-refractivity contribution is 0.677. The van der Waals surface area contributed by atoms with Gasteiger partial charge in [0.1, 0.15) is 11.9 Å². The molecule has 3 N–H and O–H groups in total. The Morgan fingerprint density at radius 1 is 1.53 bits per heavy atom. The molecule has 4 nitrogen and oxygen atoms in total. The zero-order valence-corrected chi connectivity index (χ0v) is 10.5. The smallest absolute Gasteiger partial charge is 0.165 e. The molecule has 0 radical (unpaired) electrons. The van der Waals surface area contributed by atoms with E-state index in [1.54, 1.807) is 6.07 Å². The average Bonchev–Trinajstić information content (AvgIpc) is 2.39. The van der Waals surface area contributed by atoms with Crippen LogP contribution in [0.2, 0.25) is 0 Å². The molecule has 1 fully saturated rings. The molecule has 2 rings (SSSR count). The second kappa shape index (κ2) is 5.78. The van der Waals surface area contributed by atoms with Crippen molar-refractivity contribution in [3.63, 3.8) is 0 Å². The van der Waals surface area contributed by atoms with Gasteiger partial charge in [-0.3, -0.25) is 0 Å². The normalized spacial score (nSPS) is 19.6. The minimum Gasteiger partial charge on any atom is -0.396 e. The van der Waals surface area contributed by atoms with E-state index in [2.05, 4.69) is 10.3 Å². The predicted molar refractivity (Wildman–Crippen MR) is 72.0 cm³/mol. The number of nitrogens with two attached hydrogens (primary N) is 1. The Kier molecular flexibility index (Phi) is 4.10. The fourth-order valence-electron chi connectivity index (χ4n) is 1.84. The molecule has 0 saturated carbocycles. The fraction of sp³-hybridized carbons (Fsp3) is 0.500. The number of nitriles is 1. The van der Waals surface area contributed by atoms with Crippen molar-refractivity contribution < 1.29 is 0 Å². The molecule has 0 bridgehead atoms. The van der Waals surface area contributed by atoms with Gasteiger partial charge in [-0.25, -0.2) is 4.98 Å². The van der Waals surface area contributed by atoms with Gasteiger partial charge in [-0.1, -0.05) is 6.42 Å². The molecule has 1 aromatic heterocycles. The number of rotatable bonds is 3. The first-order valence-corrected chi connectivity index (χ1v) is 6.86. The lowest BCUT2D eigenvalue weighted by atomic mass is 10.2. The van der Waals surface area contributed by atoms with Crippen molar-refractivity contribution in [2.75, 3.05) is 23.3 Å². The molecule has 0 aliphatic carbocycles. The molecule has 0 spiro atoms. The van der Waals surface area contributed by atoms with Crippen molar-refractivity contribution in [3.05, 3.63) is 17.8 Å². The van der Waals surface area contributed by atoms with Crippen LogP contribution in [0, 0.1) is 11.3 Å².